The minimum atomic E-state index is -0.494. The minimum Gasteiger partial charge on any atom is -0.493 e. The number of rotatable bonds is 7. The number of ketones is 1. The molecule has 0 saturated carbocycles. The van der Waals surface area contributed by atoms with Crippen LogP contribution in [0.25, 0.3) is 0 Å². The quantitative estimate of drug-likeness (QED) is 0.528. The Morgan fingerprint density at radius 1 is 0.833 bits per heavy atom. The number of fused-ring (bicyclic) bond motifs is 1. The standard InChI is InChI=1S/C26H28N4O6/c1-32-19-7-6-14(10-20(19)33-2)15-8-17-23(18(31)9-15)24(30-26(29-17)27-13-28-30)16-11-21(34-3)25(36-5)22(12-16)35-4/h6-7,10-13,15,24H,8-9H2,1-5H3,(H,27,28,29)/t15-,24+/m0/s1. The third kappa shape index (κ3) is 3.78. The van der Waals surface area contributed by atoms with Crippen molar-refractivity contribution in [2.75, 3.05) is 40.9 Å². The Labute approximate surface area is 208 Å². The van der Waals surface area contributed by atoms with Crippen LogP contribution in [-0.4, -0.2) is 56.1 Å². The maximum atomic E-state index is 13.7. The monoisotopic (exact) mass is 492 g/mol. The molecule has 2 heterocycles. The summed E-state index contributed by atoms with van der Waals surface area (Å²) in [5.41, 5.74) is 3.26. The first-order chi connectivity index (χ1) is 17.5. The Hall–Kier alpha value is -4.21. The first-order valence-electron chi connectivity index (χ1n) is 11.5. The number of Topliss-reactive ketones (excluding diaryl/α,β-unsaturated/α-hetero) is 1. The van der Waals surface area contributed by atoms with Crippen molar-refractivity contribution in [3.8, 4) is 28.7 Å². The molecule has 36 heavy (non-hydrogen) atoms. The molecule has 1 N–H and O–H groups in total. The number of aromatic nitrogens is 3. The van der Waals surface area contributed by atoms with E-state index in [2.05, 4.69) is 15.4 Å². The summed E-state index contributed by atoms with van der Waals surface area (Å²) in [6.45, 7) is 0. The van der Waals surface area contributed by atoms with Crippen LogP contribution in [0, 0.1) is 0 Å². The zero-order valence-corrected chi connectivity index (χ0v) is 20.8. The van der Waals surface area contributed by atoms with Gasteiger partial charge in [-0.1, -0.05) is 6.07 Å². The average Bonchev–Trinajstić information content (AvgIpc) is 3.38. The maximum Gasteiger partial charge on any atom is 0.226 e. The summed E-state index contributed by atoms with van der Waals surface area (Å²) in [6.07, 6.45) is 2.45. The lowest BCUT2D eigenvalue weighted by molar-refractivity contribution is -0.116. The van der Waals surface area contributed by atoms with E-state index >= 15 is 0 Å². The number of hydrogen-bond donors (Lipinski definition) is 1. The lowest BCUT2D eigenvalue weighted by Crippen LogP contribution is -2.33. The molecule has 10 heteroatoms. The second-order valence-electron chi connectivity index (χ2n) is 8.55. The normalized spacial score (nSPS) is 18.6. The molecular formula is C26H28N4O6. The van der Waals surface area contributed by atoms with E-state index in [-0.39, 0.29) is 11.7 Å². The van der Waals surface area contributed by atoms with E-state index in [0.717, 1.165) is 16.8 Å². The van der Waals surface area contributed by atoms with Crippen molar-refractivity contribution in [1.82, 2.24) is 14.8 Å². The number of benzene rings is 2. The molecule has 188 valence electrons. The maximum absolute atomic E-state index is 13.7. The van der Waals surface area contributed by atoms with Crippen LogP contribution in [0.4, 0.5) is 5.95 Å². The van der Waals surface area contributed by atoms with E-state index < -0.39 is 6.04 Å². The fourth-order valence-corrected chi connectivity index (χ4v) is 5.06. The van der Waals surface area contributed by atoms with Gasteiger partial charge in [-0.2, -0.15) is 10.1 Å². The molecule has 2 aromatic carbocycles. The van der Waals surface area contributed by atoms with Crippen LogP contribution in [0.2, 0.25) is 0 Å². The van der Waals surface area contributed by atoms with Crippen LogP contribution in [0.15, 0.2) is 47.9 Å². The van der Waals surface area contributed by atoms with Gasteiger partial charge in [0.1, 0.15) is 12.4 Å². The summed E-state index contributed by atoms with van der Waals surface area (Å²) in [6, 6.07) is 8.98. The van der Waals surface area contributed by atoms with Gasteiger partial charge in [-0.15, -0.1) is 0 Å². The van der Waals surface area contributed by atoms with E-state index in [1.807, 2.05) is 30.3 Å². The fraction of sp³-hybridized carbons (Fsp3) is 0.346. The van der Waals surface area contributed by atoms with Gasteiger partial charge in [-0.25, -0.2) is 4.68 Å². The highest BCUT2D eigenvalue weighted by molar-refractivity contribution is 6.00. The molecule has 2 aliphatic rings. The van der Waals surface area contributed by atoms with Gasteiger partial charge in [0.2, 0.25) is 11.7 Å². The van der Waals surface area contributed by atoms with Gasteiger partial charge >= 0.3 is 0 Å². The van der Waals surface area contributed by atoms with Crippen LogP contribution in [0.3, 0.4) is 0 Å². The zero-order chi connectivity index (χ0) is 25.4. The van der Waals surface area contributed by atoms with Gasteiger partial charge in [-0.3, -0.25) is 4.79 Å². The van der Waals surface area contributed by atoms with Crippen molar-refractivity contribution < 1.29 is 28.5 Å². The van der Waals surface area contributed by atoms with Crippen molar-refractivity contribution in [2.45, 2.75) is 24.8 Å². The number of carbonyl (C=O) groups is 1. The number of carbonyl (C=O) groups excluding carboxylic acids is 1. The molecule has 0 fully saturated rings. The van der Waals surface area contributed by atoms with E-state index in [4.69, 9.17) is 23.7 Å². The number of nitrogens with one attached hydrogen (secondary N) is 1. The highest BCUT2D eigenvalue weighted by Gasteiger charge is 2.40. The van der Waals surface area contributed by atoms with Crippen molar-refractivity contribution in [3.05, 3.63) is 59.1 Å². The molecule has 0 radical (unpaired) electrons. The molecular weight excluding hydrogens is 464 g/mol. The van der Waals surface area contributed by atoms with Gasteiger partial charge < -0.3 is 29.0 Å². The number of nitrogens with zero attached hydrogens (tertiary/aromatic N) is 3. The molecule has 0 amide bonds. The highest BCUT2D eigenvalue weighted by atomic mass is 16.5. The van der Waals surface area contributed by atoms with Crippen molar-refractivity contribution in [2.24, 2.45) is 0 Å². The highest BCUT2D eigenvalue weighted by Crippen LogP contribution is 2.47. The average molecular weight is 493 g/mol. The number of allylic oxidation sites excluding steroid dienone is 2. The number of anilines is 1. The zero-order valence-electron chi connectivity index (χ0n) is 20.8. The lowest BCUT2D eigenvalue weighted by atomic mass is 9.77. The number of methoxy groups -OCH3 is 5. The molecule has 0 saturated heterocycles. The summed E-state index contributed by atoms with van der Waals surface area (Å²) in [7, 11) is 7.89. The largest absolute Gasteiger partial charge is 0.493 e. The Balaban J connectivity index is 1.60. The molecule has 3 aromatic rings. The van der Waals surface area contributed by atoms with Crippen LogP contribution in [0.5, 0.6) is 28.7 Å². The Kier molecular flexibility index (Phi) is 6.17. The van der Waals surface area contributed by atoms with Crippen LogP contribution in [-0.2, 0) is 4.79 Å². The Bertz CT molecular complexity index is 1320. The lowest BCUT2D eigenvalue weighted by Gasteiger charge is -2.35. The summed E-state index contributed by atoms with van der Waals surface area (Å²) in [5, 5.41) is 7.77. The van der Waals surface area contributed by atoms with Gasteiger partial charge in [-0.05, 0) is 47.7 Å². The predicted octanol–water partition coefficient (Wildman–Crippen LogP) is 3.74. The predicted molar refractivity (Wildman–Crippen MR) is 131 cm³/mol. The van der Waals surface area contributed by atoms with Gasteiger partial charge in [0.05, 0.1) is 35.5 Å². The second kappa shape index (κ2) is 9.44. The van der Waals surface area contributed by atoms with Gasteiger partial charge in [0, 0.05) is 17.7 Å². The Morgan fingerprint density at radius 3 is 2.14 bits per heavy atom. The minimum absolute atomic E-state index is 0.0291. The van der Waals surface area contributed by atoms with Crippen LogP contribution < -0.4 is 29.0 Å². The number of ether oxygens (including phenoxy) is 5. The van der Waals surface area contributed by atoms with Crippen molar-refractivity contribution >= 4 is 11.7 Å². The van der Waals surface area contributed by atoms with Crippen molar-refractivity contribution in [3.63, 3.8) is 0 Å². The fourth-order valence-electron chi connectivity index (χ4n) is 5.06. The first-order valence-corrected chi connectivity index (χ1v) is 11.5. The molecule has 5 rings (SSSR count). The van der Waals surface area contributed by atoms with Crippen LogP contribution in [0.1, 0.15) is 35.9 Å². The second-order valence-corrected chi connectivity index (χ2v) is 8.55. The van der Waals surface area contributed by atoms with Crippen LogP contribution >= 0.6 is 0 Å². The third-order valence-corrected chi connectivity index (χ3v) is 6.74. The Morgan fingerprint density at radius 2 is 1.50 bits per heavy atom. The molecule has 1 aromatic heterocycles. The summed E-state index contributed by atoms with van der Waals surface area (Å²) < 4.78 is 29.2. The molecule has 10 nitrogen and oxygen atoms in total. The molecule has 1 aliphatic carbocycles. The number of hydrogen-bond acceptors (Lipinski definition) is 9. The molecule has 0 unspecified atom stereocenters. The SMILES string of the molecule is COc1ccc([C@@H]2CC(=O)C3=C(C2)Nc2ncnn2[C@@H]3c2cc(OC)c(OC)c(OC)c2)cc1OC. The van der Waals surface area contributed by atoms with Gasteiger partial charge in [0.25, 0.3) is 0 Å². The van der Waals surface area contributed by atoms with E-state index in [9.17, 15) is 4.79 Å². The molecule has 0 bridgehead atoms. The summed E-state index contributed by atoms with van der Waals surface area (Å²) in [4.78, 5) is 18.1. The summed E-state index contributed by atoms with van der Waals surface area (Å²) >= 11 is 0. The summed E-state index contributed by atoms with van der Waals surface area (Å²) in [5.74, 6) is 3.33. The molecule has 2 atom stereocenters. The molecule has 0 spiro atoms. The van der Waals surface area contributed by atoms with E-state index in [1.54, 1.807) is 40.2 Å². The van der Waals surface area contributed by atoms with E-state index in [0.29, 0.717) is 53.1 Å². The smallest absolute Gasteiger partial charge is 0.226 e. The van der Waals surface area contributed by atoms with Gasteiger partial charge in [0.15, 0.2) is 28.8 Å². The third-order valence-electron chi connectivity index (χ3n) is 6.74. The molecule has 1 aliphatic heterocycles. The first kappa shape index (κ1) is 23.5. The van der Waals surface area contributed by atoms with Crippen molar-refractivity contribution in [1.29, 1.82) is 0 Å². The topological polar surface area (TPSA) is 106 Å². The van der Waals surface area contributed by atoms with E-state index in [1.165, 1.54) is 6.33 Å².